The number of hydrogen-bond acceptors (Lipinski definition) is 2. The Bertz CT molecular complexity index is 578. The summed E-state index contributed by atoms with van der Waals surface area (Å²) >= 11 is 0. The predicted octanol–water partition coefficient (Wildman–Crippen LogP) is 4.58. The van der Waals surface area contributed by atoms with Crippen LogP contribution in [0.3, 0.4) is 0 Å². The van der Waals surface area contributed by atoms with Crippen LogP contribution in [0.15, 0.2) is 12.1 Å². The molecule has 0 radical (unpaired) electrons. The van der Waals surface area contributed by atoms with Gasteiger partial charge in [0.1, 0.15) is 17.5 Å². The third-order valence-corrected chi connectivity index (χ3v) is 5.68. The first kappa shape index (κ1) is 15.5. The summed E-state index contributed by atoms with van der Waals surface area (Å²) in [5.74, 6) is -0.186. The highest BCUT2D eigenvalue weighted by molar-refractivity contribution is 6.10. The molecule has 0 bridgehead atoms. The lowest BCUT2D eigenvalue weighted by molar-refractivity contribution is -0.137. The van der Waals surface area contributed by atoms with Crippen LogP contribution in [0.1, 0.15) is 73.1 Å². The highest BCUT2D eigenvalue weighted by atomic mass is 16.2. The van der Waals surface area contributed by atoms with Crippen LogP contribution in [0.5, 0.6) is 0 Å². The van der Waals surface area contributed by atoms with Crippen molar-refractivity contribution in [2.45, 2.75) is 71.6 Å². The second kappa shape index (κ2) is 5.64. The van der Waals surface area contributed by atoms with Crippen LogP contribution in [0.4, 0.5) is 0 Å². The maximum atomic E-state index is 12.8. The maximum Gasteiger partial charge on any atom is 0.148 e. The van der Waals surface area contributed by atoms with Crippen LogP contribution in [-0.4, -0.2) is 11.6 Å². The summed E-state index contributed by atoms with van der Waals surface area (Å²) in [5, 5.41) is 0. The molecule has 1 aromatic carbocycles. The van der Waals surface area contributed by atoms with Crippen molar-refractivity contribution in [2.75, 3.05) is 0 Å². The van der Waals surface area contributed by atoms with E-state index >= 15 is 0 Å². The number of ketones is 2. The molecule has 2 aliphatic carbocycles. The molecule has 118 valence electrons. The molecule has 0 heterocycles. The quantitative estimate of drug-likeness (QED) is 0.711. The summed E-state index contributed by atoms with van der Waals surface area (Å²) in [7, 11) is 0. The Morgan fingerprint density at radius 1 is 0.864 bits per heavy atom. The molecule has 22 heavy (non-hydrogen) atoms. The first-order valence-corrected chi connectivity index (χ1v) is 8.55. The number of rotatable bonds is 1. The Balaban J connectivity index is 1.94. The van der Waals surface area contributed by atoms with Gasteiger partial charge in [-0.2, -0.15) is 0 Å². The Morgan fingerprint density at radius 3 is 1.86 bits per heavy atom. The molecule has 2 aliphatic rings. The van der Waals surface area contributed by atoms with Crippen LogP contribution in [0, 0.1) is 26.2 Å². The van der Waals surface area contributed by atoms with E-state index in [9.17, 15) is 9.59 Å². The highest BCUT2D eigenvalue weighted by Gasteiger charge is 2.46. The fourth-order valence-electron chi connectivity index (χ4n) is 4.81. The Morgan fingerprint density at radius 2 is 1.36 bits per heavy atom. The topological polar surface area (TPSA) is 34.1 Å². The summed E-state index contributed by atoms with van der Waals surface area (Å²) in [6.07, 6.45) is 6.93. The van der Waals surface area contributed by atoms with Gasteiger partial charge in [0.2, 0.25) is 0 Å². The van der Waals surface area contributed by atoms with Crippen molar-refractivity contribution in [3.8, 4) is 0 Å². The minimum Gasteiger partial charge on any atom is -0.299 e. The number of carbonyl (C=O) groups is 2. The molecule has 0 amide bonds. The average Bonchev–Trinajstić information content (AvgIpc) is 2.41. The third kappa shape index (κ3) is 2.64. The maximum absolute atomic E-state index is 12.8. The lowest BCUT2D eigenvalue weighted by Crippen LogP contribution is -2.41. The van der Waals surface area contributed by atoms with Crippen molar-refractivity contribution in [3.05, 3.63) is 34.4 Å². The number of benzene rings is 1. The molecular formula is C20H26O2. The van der Waals surface area contributed by atoms with Gasteiger partial charge in [-0.1, -0.05) is 37.0 Å². The third-order valence-electron chi connectivity index (χ3n) is 5.68. The fourth-order valence-corrected chi connectivity index (χ4v) is 4.81. The van der Waals surface area contributed by atoms with Crippen molar-refractivity contribution >= 4 is 11.6 Å². The average molecular weight is 298 g/mol. The summed E-state index contributed by atoms with van der Waals surface area (Å²) in [5.41, 5.74) is 4.34. The molecule has 0 aromatic heterocycles. The minimum absolute atomic E-state index is 0.00454. The van der Waals surface area contributed by atoms with Crippen molar-refractivity contribution in [2.24, 2.45) is 5.41 Å². The van der Waals surface area contributed by atoms with E-state index in [2.05, 4.69) is 19.1 Å². The van der Waals surface area contributed by atoms with Crippen LogP contribution in [0.2, 0.25) is 0 Å². The minimum atomic E-state index is -0.506. The van der Waals surface area contributed by atoms with Crippen LogP contribution < -0.4 is 0 Å². The van der Waals surface area contributed by atoms with E-state index in [1.165, 1.54) is 24.8 Å². The lowest BCUT2D eigenvalue weighted by atomic mass is 9.61. The first-order chi connectivity index (χ1) is 10.4. The zero-order valence-electron chi connectivity index (χ0n) is 14.0. The Kier molecular flexibility index (Phi) is 3.96. The van der Waals surface area contributed by atoms with E-state index < -0.39 is 5.92 Å². The van der Waals surface area contributed by atoms with Crippen LogP contribution >= 0.6 is 0 Å². The van der Waals surface area contributed by atoms with Crippen LogP contribution in [-0.2, 0) is 9.59 Å². The predicted molar refractivity (Wildman–Crippen MR) is 88.2 cm³/mol. The van der Waals surface area contributed by atoms with E-state index in [0.717, 1.165) is 29.5 Å². The lowest BCUT2D eigenvalue weighted by Gasteiger charge is -2.41. The van der Waals surface area contributed by atoms with Crippen molar-refractivity contribution < 1.29 is 9.59 Å². The molecule has 0 aliphatic heterocycles. The largest absolute Gasteiger partial charge is 0.299 e. The van der Waals surface area contributed by atoms with Gasteiger partial charge < -0.3 is 0 Å². The molecule has 1 aromatic rings. The monoisotopic (exact) mass is 298 g/mol. The standard InChI is InChI=1S/C20H26O2/c1-13-9-14(2)18(15(3)10-13)19-16(21)11-20(12-17(19)22)7-5-4-6-8-20/h9-10,19H,4-8,11-12H2,1-3H3. The van der Waals surface area contributed by atoms with Crippen molar-refractivity contribution in [3.63, 3.8) is 0 Å². The fraction of sp³-hybridized carbons (Fsp3) is 0.600. The molecule has 0 saturated heterocycles. The van der Waals surface area contributed by atoms with Gasteiger partial charge in [0.25, 0.3) is 0 Å². The van der Waals surface area contributed by atoms with E-state index in [1.807, 2.05) is 13.8 Å². The zero-order valence-corrected chi connectivity index (χ0v) is 14.0. The molecule has 0 unspecified atom stereocenters. The molecular weight excluding hydrogens is 272 g/mol. The van der Waals surface area contributed by atoms with E-state index in [1.54, 1.807) is 0 Å². The van der Waals surface area contributed by atoms with Gasteiger partial charge in [0.15, 0.2) is 0 Å². The number of carbonyl (C=O) groups excluding carboxylic acids is 2. The van der Waals surface area contributed by atoms with Gasteiger partial charge in [-0.25, -0.2) is 0 Å². The Labute approximate surface area is 133 Å². The Hall–Kier alpha value is -1.44. The van der Waals surface area contributed by atoms with Gasteiger partial charge in [-0.3, -0.25) is 9.59 Å². The molecule has 2 saturated carbocycles. The SMILES string of the molecule is Cc1cc(C)c(C2C(=O)CC3(CCCCC3)CC2=O)c(C)c1. The van der Waals surface area contributed by atoms with Gasteiger partial charge in [0, 0.05) is 12.8 Å². The molecule has 2 fully saturated rings. The smallest absolute Gasteiger partial charge is 0.148 e. The second-order valence-electron chi connectivity index (χ2n) is 7.59. The number of Topliss-reactive ketones (excluding diaryl/α,β-unsaturated/α-hetero) is 2. The molecule has 1 spiro atoms. The van der Waals surface area contributed by atoms with E-state index in [0.29, 0.717) is 12.8 Å². The number of aryl methyl sites for hydroxylation is 3. The number of hydrogen-bond donors (Lipinski definition) is 0. The van der Waals surface area contributed by atoms with E-state index in [-0.39, 0.29) is 17.0 Å². The summed E-state index contributed by atoms with van der Waals surface area (Å²) < 4.78 is 0. The van der Waals surface area contributed by atoms with Crippen molar-refractivity contribution in [1.29, 1.82) is 0 Å². The highest BCUT2D eigenvalue weighted by Crippen LogP contribution is 2.48. The molecule has 2 heteroatoms. The molecule has 2 nitrogen and oxygen atoms in total. The summed E-state index contributed by atoms with van der Waals surface area (Å²) in [4.78, 5) is 25.7. The second-order valence-corrected chi connectivity index (χ2v) is 7.59. The van der Waals surface area contributed by atoms with Gasteiger partial charge in [-0.15, -0.1) is 0 Å². The summed E-state index contributed by atoms with van der Waals surface area (Å²) in [6.45, 7) is 6.12. The van der Waals surface area contributed by atoms with Gasteiger partial charge in [-0.05, 0) is 55.7 Å². The van der Waals surface area contributed by atoms with Gasteiger partial charge >= 0.3 is 0 Å². The van der Waals surface area contributed by atoms with Crippen LogP contribution in [0.25, 0.3) is 0 Å². The summed E-state index contributed by atoms with van der Waals surface area (Å²) in [6, 6.07) is 4.18. The molecule has 0 atom stereocenters. The molecule has 3 rings (SSSR count). The van der Waals surface area contributed by atoms with E-state index in [4.69, 9.17) is 0 Å². The first-order valence-electron chi connectivity index (χ1n) is 8.55. The zero-order chi connectivity index (χ0) is 15.9. The van der Waals surface area contributed by atoms with Crippen molar-refractivity contribution in [1.82, 2.24) is 0 Å². The van der Waals surface area contributed by atoms with Gasteiger partial charge in [0.05, 0.1) is 0 Å². The molecule has 0 N–H and O–H groups in total. The normalized spacial score (nSPS) is 22.3.